The Bertz CT molecular complexity index is 1050. The lowest BCUT2D eigenvalue weighted by molar-refractivity contribution is 0.412. The summed E-state index contributed by atoms with van der Waals surface area (Å²) in [6.45, 7) is 0. The van der Waals surface area contributed by atoms with Crippen LogP contribution in [0.5, 0.6) is 5.75 Å². The first-order chi connectivity index (χ1) is 13.4. The highest BCUT2D eigenvalue weighted by atomic mass is 79.9. The Kier molecular flexibility index (Phi) is 6.35. The first-order valence-electron chi connectivity index (χ1n) is 8.12. The summed E-state index contributed by atoms with van der Waals surface area (Å²) in [6.07, 6.45) is 2.90. The molecule has 1 atom stereocenters. The van der Waals surface area contributed by atoms with Crippen molar-refractivity contribution in [3.63, 3.8) is 0 Å². The molecule has 9 heteroatoms. The zero-order valence-corrected chi connectivity index (χ0v) is 17.5. The van der Waals surface area contributed by atoms with Crippen LogP contribution in [0.15, 0.2) is 47.1 Å². The number of halogens is 3. The lowest BCUT2D eigenvalue weighted by Gasteiger charge is -2.12. The van der Waals surface area contributed by atoms with Gasteiger partial charge in [0.25, 0.3) is 0 Å². The zero-order chi connectivity index (χ0) is 20.3. The zero-order valence-electron chi connectivity index (χ0n) is 15.1. The molecule has 5 nitrogen and oxygen atoms in total. The van der Waals surface area contributed by atoms with Gasteiger partial charge >= 0.3 is 0 Å². The average molecular weight is 467 g/mol. The van der Waals surface area contributed by atoms with E-state index in [0.29, 0.717) is 17.0 Å². The van der Waals surface area contributed by atoms with Crippen LogP contribution in [-0.2, 0) is 16.4 Å². The van der Waals surface area contributed by atoms with Gasteiger partial charge in [-0.1, -0.05) is 15.9 Å². The fourth-order valence-electron chi connectivity index (χ4n) is 2.66. The van der Waals surface area contributed by atoms with E-state index in [0.717, 1.165) is 16.2 Å². The Hall–Kier alpha value is -2.39. The first-order valence-corrected chi connectivity index (χ1v) is 10.7. The molecule has 0 aliphatic heterocycles. The Morgan fingerprint density at radius 3 is 2.71 bits per heavy atom. The van der Waals surface area contributed by atoms with E-state index in [9.17, 15) is 8.78 Å². The third-order valence-corrected chi connectivity index (χ3v) is 4.98. The lowest BCUT2D eigenvalue weighted by Crippen LogP contribution is -2.02. The number of nitrogens with one attached hydrogen (secondary N) is 2. The summed E-state index contributed by atoms with van der Waals surface area (Å²) in [5.41, 5.74) is 2.02. The second kappa shape index (κ2) is 8.74. The molecule has 0 saturated heterocycles. The highest BCUT2D eigenvalue weighted by Gasteiger charge is 2.15. The van der Waals surface area contributed by atoms with Crippen molar-refractivity contribution in [2.75, 3.05) is 18.7 Å². The number of methoxy groups -OCH3 is 1. The van der Waals surface area contributed by atoms with Gasteiger partial charge in [-0.2, -0.15) is 0 Å². The van der Waals surface area contributed by atoms with Crippen LogP contribution >= 0.6 is 15.9 Å². The molecule has 3 aromatic rings. The molecule has 28 heavy (non-hydrogen) atoms. The molecular weight excluding hydrogens is 450 g/mol. The summed E-state index contributed by atoms with van der Waals surface area (Å²) in [4.78, 5) is 8.24. The molecule has 0 amide bonds. The maximum Gasteiger partial charge on any atom is 0.227 e. The lowest BCUT2D eigenvalue weighted by atomic mass is 10.1. The largest absolute Gasteiger partial charge is 0.496 e. The summed E-state index contributed by atoms with van der Waals surface area (Å²) in [7, 11) is 0.891. The van der Waals surface area contributed by atoms with Crippen molar-refractivity contribution in [1.29, 1.82) is 4.78 Å². The average Bonchev–Trinajstić information content (AvgIpc) is 2.62. The molecule has 1 heterocycles. The van der Waals surface area contributed by atoms with Crippen LogP contribution in [-0.4, -0.2) is 23.3 Å². The Balaban J connectivity index is 1.97. The maximum atomic E-state index is 14.4. The van der Waals surface area contributed by atoms with Crippen molar-refractivity contribution < 1.29 is 13.5 Å². The highest BCUT2D eigenvalue weighted by Crippen LogP contribution is 2.32. The van der Waals surface area contributed by atoms with Crippen molar-refractivity contribution in [2.24, 2.45) is 0 Å². The number of anilines is 2. The topological polar surface area (TPSA) is 70.9 Å². The van der Waals surface area contributed by atoms with Crippen LogP contribution in [0.1, 0.15) is 5.56 Å². The maximum absolute atomic E-state index is 14.4. The molecule has 3 rings (SSSR count). The van der Waals surface area contributed by atoms with Crippen LogP contribution in [0.4, 0.5) is 20.4 Å². The van der Waals surface area contributed by atoms with Crippen LogP contribution < -0.4 is 10.1 Å². The van der Waals surface area contributed by atoms with Crippen LogP contribution in [0.3, 0.4) is 0 Å². The van der Waals surface area contributed by atoms with Crippen molar-refractivity contribution in [2.45, 2.75) is 5.75 Å². The summed E-state index contributed by atoms with van der Waals surface area (Å²) in [5, 5.41) is 3.05. The predicted molar refractivity (Wildman–Crippen MR) is 111 cm³/mol. The summed E-state index contributed by atoms with van der Waals surface area (Å²) < 4.78 is 41.6. The van der Waals surface area contributed by atoms with Gasteiger partial charge in [-0.15, -0.1) is 10.7 Å². The second-order valence-corrected chi connectivity index (χ2v) is 8.47. The Morgan fingerprint density at radius 2 is 2.00 bits per heavy atom. The molecule has 0 aliphatic rings. The quantitative estimate of drug-likeness (QED) is 0.506. The number of hydrogen-bond acceptors (Lipinski definition) is 5. The van der Waals surface area contributed by atoms with E-state index in [1.807, 2.05) is 24.5 Å². The Labute approximate surface area is 172 Å². The minimum Gasteiger partial charge on any atom is -0.496 e. The fraction of sp³-hybridized carbons (Fsp3) is 0.158. The highest BCUT2D eigenvalue weighted by molar-refractivity contribution is 9.10. The van der Waals surface area contributed by atoms with E-state index >= 15 is 0 Å². The molecule has 1 unspecified atom stereocenters. The van der Waals surface area contributed by atoms with E-state index in [4.69, 9.17) is 9.52 Å². The monoisotopic (exact) mass is 466 g/mol. The molecule has 0 aliphatic carbocycles. The third-order valence-electron chi connectivity index (χ3n) is 3.76. The number of nitrogens with zero attached hydrogens (tertiary/aromatic N) is 2. The van der Waals surface area contributed by atoms with Gasteiger partial charge in [0.2, 0.25) is 5.95 Å². The predicted octanol–water partition coefficient (Wildman–Crippen LogP) is 5.45. The van der Waals surface area contributed by atoms with Crippen molar-refractivity contribution in [3.8, 4) is 17.0 Å². The van der Waals surface area contributed by atoms with Crippen LogP contribution in [0.25, 0.3) is 11.3 Å². The number of aromatic nitrogens is 2. The molecule has 1 aromatic heterocycles. The first kappa shape index (κ1) is 20.3. The van der Waals surface area contributed by atoms with E-state index < -0.39 is 22.3 Å². The molecule has 0 spiro atoms. The molecule has 2 aromatic carbocycles. The summed E-state index contributed by atoms with van der Waals surface area (Å²) >= 11 is 3.45. The van der Waals surface area contributed by atoms with E-state index in [1.165, 1.54) is 25.3 Å². The van der Waals surface area contributed by atoms with Crippen LogP contribution in [0, 0.1) is 16.4 Å². The van der Waals surface area contributed by atoms with Crippen molar-refractivity contribution >= 4 is 38.3 Å². The number of rotatable bonds is 6. The fourth-order valence-corrected chi connectivity index (χ4v) is 3.87. The smallest absolute Gasteiger partial charge is 0.227 e. The molecule has 0 radical (unpaired) electrons. The van der Waals surface area contributed by atoms with Gasteiger partial charge in [-0.25, -0.2) is 18.7 Å². The normalized spacial score (nSPS) is 11.9. The van der Waals surface area contributed by atoms with Crippen molar-refractivity contribution in [1.82, 2.24) is 9.97 Å². The summed E-state index contributed by atoms with van der Waals surface area (Å²) in [6, 6.07) is 9.49. The second-order valence-electron chi connectivity index (χ2n) is 5.99. The minimum atomic E-state index is -0.644. The number of hydrogen-bond donors (Lipinski definition) is 2. The molecule has 2 N–H and O–H groups in total. The molecular formula is C19H17BrF2N4OS. The molecule has 0 saturated carbocycles. The standard InChI is InChI=1S/C19H17BrF2N4OS/c1-27-17-8-13(21)3-4-15(17)18-16(22)9-24-19(26-18)25-14-6-11(10-28(2)23)5-12(20)7-14/h3-9,23H,10H2,1-2H3,(H,24,25,26). The Morgan fingerprint density at radius 1 is 1.21 bits per heavy atom. The van der Waals surface area contributed by atoms with Crippen LogP contribution in [0.2, 0.25) is 0 Å². The SMILES string of the molecule is COc1cc(F)ccc1-c1nc(Nc2cc(Br)cc(CS(C)=N)c2)ncc1F. The molecule has 0 bridgehead atoms. The minimum absolute atomic E-state index is 0.00540. The van der Waals surface area contributed by atoms with Gasteiger partial charge in [0.1, 0.15) is 17.3 Å². The summed E-state index contributed by atoms with van der Waals surface area (Å²) in [5.74, 6) is -0.142. The van der Waals surface area contributed by atoms with Gasteiger partial charge in [0.05, 0.1) is 13.3 Å². The van der Waals surface area contributed by atoms with Gasteiger partial charge in [0, 0.05) is 27.5 Å². The van der Waals surface area contributed by atoms with Gasteiger partial charge < -0.3 is 10.1 Å². The van der Waals surface area contributed by atoms with E-state index in [2.05, 4.69) is 31.2 Å². The van der Waals surface area contributed by atoms with Gasteiger partial charge in [0.15, 0.2) is 5.82 Å². The number of benzene rings is 2. The molecule has 146 valence electrons. The van der Waals surface area contributed by atoms with E-state index in [-0.39, 0.29) is 17.4 Å². The molecule has 0 fully saturated rings. The van der Waals surface area contributed by atoms with Gasteiger partial charge in [-0.3, -0.25) is 4.78 Å². The van der Waals surface area contributed by atoms with E-state index in [1.54, 1.807) is 0 Å². The third kappa shape index (κ3) is 4.90. The van der Waals surface area contributed by atoms with Crippen molar-refractivity contribution in [3.05, 3.63) is 64.3 Å². The number of ether oxygens (including phenoxy) is 1. The van der Waals surface area contributed by atoms with Gasteiger partial charge in [-0.05, 0) is 42.2 Å².